The first-order valence-electron chi connectivity index (χ1n) is 10.6. The van der Waals surface area contributed by atoms with Gasteiger partial charge in [-0.2, -0.15) is 0 Å². The van der Waals surface area contributed by atoms with Crippen LogP contribution in [0.2, 0.25) is 0 Å². The molecule has 2 aliphatic carbocycles. The molecule has 0 bridgehead atoms. The lowest BCUT2D eigenvalue weighted by Gasteiger charge is -2.55. The van der Waals surface area contributed by atoms with Crippen molar-refractivity contribution in [2.24, 2.45) is 11.3 Å². The van der Waals surface area contributed by atoms with Gasteiger partial charge in [-0.25, -0.2) is 0 Å². The average molecular weight is 371 g/mol. The van der Waals surface area contributed by atoms with Crippen molar-refractivity contribution in [3.05, 3.63) is 29.6 Å². The van der Waals surface area contributed by atoms with Gasteiger partial charge in [-0.05, 0) is 57.6 Å². The Bertz CT molecular complexity index is 710. The van der Waals surface area contributed by atoms with E-state index in [4.69, 9.17) is 4.98 Å². The Morgan fingerprint density at radius 1 is 1.19 bits per heavy atom. The molecule has 0 aromatic carbocycles. The molecule has 2 heterocycles. The summed E-state index contributed by atoms with van der Waals surface area (Å²) in [6, 6.07) is 6.49. The third-order valence-corrected chi connectivity index (χ3v) is 7.09. The number of amides is 1. The molecule has 27 heavy (non-hydrogen) atoms. The number of aromatic nitrogens is 1. The van der Waals surface area contributed by atoms with Crippen molar-refractivity contribution in [2.75, 3.05) is 13.1 Å². The highest BCUT2D eigenvalue weighted by Gasteiger charge is 2.51. The summed E-state index contributed by atoms with van der Waals surface area (Å²) < 4.78 is 0. The van der Waals surface area contributed by atoms with Crippen molar-refractivity contribution < 1.29 is 9.90 Å². The van der Waals surface area contributed by atoms with Crippen LogP contribution in [0.4, 0.5) is 0 Å². The van der Waals surface area contributed by atoms with Gasteiger partial charge in [-0.1, -0.05) is 26.8 Å². The molecular formula is C23H34N2O2. The van der Waals surface area contributed by atoms with E-state index in [9.17, 15) is 9.90 Å². The normalized spacial score (nSPS) is 30.7. The van der Waals surface area contributed by atoms with Gasteiger partial charge in [0.15, 0.2) is 0 Å². The number of pyridine rings is 1. The number of rotatable bonds is 2. The van der Waals surface area contributed by atoms with Crippen molar-refractivity contribution in [3.8, 4) is 0 Å². The first-order chi connectivity index (χ1) is 12.6. The first kappa shape index (κ1) is 18.9. The fourth-order valence-corrected chi connectivity index (χ4v) is 5.29. The van der Waals surface area contributed by atoms with Crippen molar-refractivity contribution in [3.63, 3.8) is 0 Å². The molecule has 4 rings (SSSR count). The van der Waals surface area contributed by atoms with Crippen LogP contribution in [0.15, 0.2) is 18.2 Å². The molecule has 1 aliphatic heterocycles. The summed E-state index contributed by atoms with van der Waals surface area (Å²) in [5, 5.41) is 9.88. The second kappa shape index (κ2) is 6.30. The number of aliphatic hydroxyl groups is 1. The van der Waals surface area contributed by atoms with Crippen molar-refractivity contribution in [2.45, 2.75) is 83.2 Å². The number of hydrogen-bond donors (Lipinski definition) is 1. The highest BCUT2D eigenvalue weighted by atomic mass is 16.3. The summed E-state index contributed by atoms with van der Waals surface area (Å²) in [6.07, 6.45) is 6.03. The second-order valence-electron chi connectivity index (χ2n) is 10.8. The Morgan fingerprint density at radius 2 is 1.81 bits per heavy atom. The molecule has 1 N–H and O–H groups in total. The zero-order chi connectivity index (χ0) is 19.4. The van der Waals surface area contributed by atoms with Crippen LogP contribution in [0.3, 0.4) is 0 Å². The lowest BCUT2D eigenvalue weighted by atomic mass is 9.64. The fourth-order valence-electron chi connectivity index (χ4n) is 5.29. The summed E-state index contributed by atoms with van der Waals surface area (Å²) in [4.78, 5) is 19.6. The minimum absolute atomic E-state index is 0.0537. The largest absolute Gasteiger partial charge is 0.390 e. The number of carbonyl (C=O) groups is 1. The molecule has 0 unspecified atom stereocenters. The maximum atomic E-state index is 12.5. The Kier molecular flexibility index (Phi) is 4.41. The summed E-state index contributed by atoms with van der Waals surface area (Å²) in [5.74, 6) is 0.885. The summed E-state index contributed by atoms with van der Waals surface area (Å²) in [7, 11) is 0. The molecule has 1 aromatic rings. The van der Waals surface area contributed by atoms with Crippen LogP contribution in [0.1, 0.15) is 83.5 Å². The lowest BCUT2D eigenvalue weighted by molar-refractivity contribution is -0.163. The smallest absolute Gasteiger partial charge is 0.225 e. The molecule has 4 heteroatoms. The van der Waals surface area contributed by atoms with Crippen LogP contribution < -0.4 is 0 Å². The zero-order valence-electron chi connectivity index (χ0n) is 17.3. The Balaban J connectivity index is 1.31. The molecule has 1 aromatic heterocycles. The number of carbonyl (C=O) groups excluding carboxylic acids is 1. The highest BCUT2D eigenvalue weighted by molar-refractivity contribution is 5.81. The van der Waals surface area contributed by atoms with E-state index >= 15 is 0 Å². The molecule has 1 amide bonds. The molecule has 2 saturated carbocycles. The standard InChI is InChI=1S/C23H34N2O2/c1-21(2,3)19-7-5-6-18(24-19)16-8-10-23(11-9-16)14-25(15-23)20(26)17-12-22(4,27)13-17/h5-7,16-17,27H,8-15H2,1-4H3/t17-,22+. The quantitative estimate of drug-likeness (QED) is 0.855. The molecule has 3 fully saturated rings. The van der Waals surface area contributed by atoms with Gasteiger partial charge in [0.2, 0.25) is 5.91 Å². The van der Waals surface area contributed by atoms with Crippen LogP contribution in [-0.4, -0.2) is 39.6 Å². The van der Waals surface area contributed by atoms with E-state index in [0.717, 1.165) is 13.1 Å². The molecule has 3 aliphatic rings. The van der Waals surface area contributed by atoms with E-state index < -0.39 is 5.60 Å². The van der Waals surface area contributed by atoms with Gasteiger partial charge >= 0.3 is 0 Å². The summed E-state index contributed by atoms with van der Waals surface area (Å²) in [6.45, 7) is 10.3. The van der Waals surface area contributed by atoms with Crippen molar-refractivity contribution >= 4 is 5.91 Å². The predicted octanol–water partition coefficient (Wildman–Crippen LogP) is 4.03. The molecule has 4 nitrogen and oxygen atoms in total. The third-order valence-electron chi connectivity index (χ3n) is 7.09. The first-order valence-corrected chi connectivity index (χ1v) is 10.6. The SMILES string of the molecule is CC(C)(C)c1cccc(C2CCC3(CC2)CN(C(=O)[C@H]2C[C@@](C)(O)C2)C3)n1. The maximum Gasteiger partial charge on any atom is 0.225 e. The van der Waals surface area contributed by atoms with Gasteiger partial charge in [0.05, 0.1) is 5.60 Å². The lowest BCUT2D eigenvalue weighted by Crippen LogP contribution is -2.62. The van der Waals surface area contributed by atoms with Gasteiger partial charge in [0, 0.05) is 47.1 Å². The van der Waals surface area contributed by atoms with E-state index in [0.29, 0.717) is 24.2 Å². The van der Waals surface area contributed by atoms with Gasteiger partial charge in [-0.15, -0.1) is 0 Å². The number of likely N-dealkylation sites (tertiary alicyclic amines) is 1. The second-order valence-corrected chi connectivity index (χ2v) is 10.8. The van der Waals surface area contributed by atoms with E-state index in [1.165, 1.54) is 37.1 Å². The maximum absolute atomic E-state index is 12.5. The van der Waals surface area contributed by atoms with Gasteiger partial charge in [0.1, 0.15) is 0 Å². The molecule has 0 atom stereocenters. The van der Waals surface area contributed by atoms with Crippen LogP contribution in [0.25, 0.3) is 0 Å². The van der Waals surface area contributed by atoms with Crippen LogP contribution in [0.5, 0.6) is 0 Å². The van der Waals surface area contributed by atoms with Crippen LogP contribution >= 0.6 is 0 Å². The van der Waals surface area contributed by atoms with Crippen LogP contribution in [0, 0.1) is 11.3 Å². The Labute approximate surface area is 163 Å². The topological polar surface area (TPSA) is 53.4 Å². The van der Waals surface area contributed by atoms with E-state index in [1.807, 2.05) is 11.8 Å². The van der Waals surface area contributed by atoms with Gasteiger partial charge < -0.3 is 10.0 Å². The monoisotopic (exact) mass is 370 g/mol. The zero-order valence-corrected chi connectivity index (χ0v) is 17.3. The van der Waals surface area contributed by atoms with E-state index in [2.05, 4.69) is 39.0 Å². The minimum Gasteiger partial charge on any atom is -0.390 e. The Morgan fingerprint density at radius 3 is 2.37 bits per heavy atom. The molecule has 1 spiro atoms. The number of nitrogens with zero attached hydrogens (tertiary/aromatic N) is 2. The van der Waals surface area contributed by atoms with Gasteiger partial charge in [-0.3, -0.25) is 9.78 Å². The molecule has 0 radical (unpaired) electrons. The fraction of sp³-hybridized carbons (Fsp3) is 0.739. The molecule has 1 saturated heterocycles. The molecule has 148 valence electrons. The van der Waals surface area contributed by atoms with Crippen molar-refractivity contribution in [1.29, 1.82) is 0 Å². The van der Waals surface area contributed by atoms with Crippen LogP contribution in [-0.2, 0) is 10.2 Å². The van der Waals surface area contributed by atoms with Crippen molar-refractivity contribution in [1.82, 2.24) is 9.88 Å². The summed E-state index contributed by atoms with van der Waals surface area (Å²) in [5.41, 5.74) is 2.25. The van der Waals surface area contributed by atoms with E-state index in [1.54, 1.807) is 0 Å². The number of hydrogen-bond acceptors (Lipinski definition) is 3. The minimum atomic E-state index is -0.616. The average Bonchev–Trinajstić information content (AvgIpc) is 2.56. The summed E-state index contributed by atoms with van der Waals surface area (Å²) >= 11 is 0. The highest BCUT2D eigenvalue weighted by Crippen LogP contribution is 2.49. The Hall–Kier alpha value is -1.42. The van der Waals surface area contributed by atoms with Gasteiger partial charge in [0.25, 0.3) is 0 Å². The van der Waals surface area contributed by atoms with E-state index in [-0.39, 0.29) is 17.2 Å². The molecular weight excluding hydrogens is 336 g/mol. The predicted molar refractivity (Wildman–Crippen MR) is 107 cm³/mol. The third kappa shape index (κ3) is 3.65.